The first-order valence-electron chi connectivity index (χ1n) is 5.62. The van der Waals surface area contributed by atoms with Crippen LogP contribution in [0.2, 0.25) is 0 Å². The molecule has 0 aliphatic heterocycles. The number of hydrogen-bond donors (Lipinski definition) is 4. The molecule has 0 bridgehead atoms. The van der Waals surface area contributed by atoms with Crippen LogP contribution in [0.4, 0.5) is 0 Å². The summed E-state index contributed by atoms with van der Waals surface area (Å²) in [6.07, 6.45) is 1.79. The lowest BCUT2D eigenvalue weighted by Crippen LogP contribution is -2.27. The van der Waals surface area contributed by atoms with Crippen LogP contribution >= 0.6 is 0 Å². The molecule has 0 saturated carbocycles. The Bertz CT molecular complexity index is 632. The van der Waals surface area contributed by atoms with E-state index in [1.165, 1.54) is 6.33 Å². The van der Waals surface area contributed by atoms with Gasteiger partial charge in [-0.1, -0.05) is 0 Å². The first-order valence-corrected chi connectivity index (χ1v) is 7.10. The Morgan fingerprint density at radius 2 is 2.21 bits per heavy atom. The molecule has 0 fully saturated rings. The van der Waals surface area contributed by atoms with E-state index in [-0.39, 0.29) is 18.1 Å². The zero-order valence-corrected chi connectivity index (χ0v) is 11.2. The zero-order chi connectivity index (χ0) is 13.9. The predicted molar refractivity (Wildman–Crippen MR) is 66.5 cm³/mol. The average molecular weight is 285 g/mol. The number of sulfonamides is 1. The molecule has 0 aromatic carbocycles. The van der Waals surface area contributed by atoms with Crippen molar-refractivity contribution in [1.82, 2.24) is 30.1 Å². The molecular formula is C9H15N7O2S. The van der Waals surface area contributed by atoms with Gasteiger partial charge in [0.2, 0.25) is 0 Å². The number of hydrogen-bond acceptors (Lipinski definition) is 6. The van der Waals surface area contributed by atoms with Crippen LogP contribution < -0.4 is 10.5 Å². The average Bonchev–Trinajstić information content (AvgIpc) is 2.98. The van der Waals surface area contributed by atoms with Gasteiger partial charge in [0.25, 0.3) is 10.0 Å². The van der Waals surface area contributed by atoms with Gasteiger partial charge < -0.3 is 5.73 Å². The number of aryl methyl sites for hydroxylation is 1. The topological polar surface area (TPSA) is 142 Å². The number of nitrogens with one attached hydrogen (secondary N) is 3. The fraction of sp³-hybridized carbons (Fsp3) is 0.444. The van der Waals surface area contributed by atoms with Crippen molar-refractivity contribution in [2.24, 2.45) is 5.73 Å². The molecule has 0 unspecified atom stereocenters. The van der Waals surface area contributed by atoms with Gasteiger partial charge in [-0.25, -0.2) is 18.1 Å². The molecular weight excluding hydrogens is 270 g/mol. The molecule has 104 valence electrons. The van der Waals surface area contributed by atoms with Gasteiger partial charge in [0, 0.05) is 30.8 Å². The molecule has 0 saturated heterocycles. The van der Waals surface area contributed by atoms with Crippen molar-refractivity contribution in [2.45, 2.75) is 24.9 Å². The van der Waals surface area contributed by atoms with Crippen LogP contribution in [0.15, 0.2) is 11.4 Å². The van der Waals surface area contributed by atoms with E-state index in [2.05, 4.69) is 30.1 Å². The van der Waals surface area contributed by atoms with Gasteiger partial charge in [-0.15, -0.1) is 0 Å². The van der Waals surface area contributed by atoms with Crippen LogP contribution in [-0.4, -0.2) is 40.3 Å². The van der Waals surface area contributed by atoms with Gasteiger partial charge in [0.05, 0.1) is 0 Å². The van der Waals surface area contributed by atoms with Crippen molar-refractivity contribution in [1.29, 1.82) is 0 Å². The molecule has 0 radical (unpaired) electrons. The monoisotopic (exact) mass is 285 g/mol. The lowest BCUT2D eigenvalue weighted by Gasteiger charge is -2.05. The largest absolute Gasteiger partial charge is 0.326 e. The molecule has 2 heterocycles. The molecule has 0 aliphatic rings. The minimum absolute atomic E-state index is 0.0509. The fourth-order valence-electron chi connectivity index (χ4n) is 1.62. The Labute approximate surface area is 110 Å². The smallest absolute Gasteiger partial charge is 0.260 e. The zero-order valence-electron chi connectivity index (χ0n) is 10.3. The summed E-state index contributed by atoms with van der Waals surface area (Å²) in [5.74, 6) is 0.611. The Balaban J connectivity index is 2.05. The molecule has 9 nitrogen and oxygen atoms in total. The normalized spacial score (nSPS) is 11.9. The summed E-state index contributed by atoms with van der Waals surface area (Å²) in [4.78, 5) is 3.90. The fourth-order valence-corrected chi connectivity index (χ4v) is 2.85. The highest BCUT2D eigenvalue weighted by Crippen LogP contribution is 2.14. The summed E-state index contributed by atoms with van der Waals surface area (Å²) in [5, 5.41) is 12.7. The highest BCUT2D eigenvalue weighted by atomic mass is 32.2. The minimum Gasteiger partial charge on any atom is -0.326 e. The van der Waals surface area contributed by atoms with Gasteiger partial charge in [-0.05, 0) is 6.92 Å². The first kappa shape index (κ1) is 13.6. The molecule has 0 atom stereocenters. The van der Waals surface area contributed by atoms with Crippen LogP contribution in [0.25, 0.3) is 0 Å². The van der Waals surface area contributed by atoms with E-state index < -0.39 is 10.0 Å². The van der Waals surface area contributed by atoms with Crippen molar-refractivity contribution in [2.75, 3.05) is 6.54 Å². The summed E-state index contributed by atoms with van der Waals surface area (Å²) in [6, 6.07) is 0. The second-order valence-electron chi connectivity index (χ2n) is 3.92. The van der Waals surface area contributed by atoms with E-state index in [1.54, 1.807) is 6.92 Å². The second kappa shape index (κ2) is 5.47. The van der Waals surface area contributed by atoms with Crippen molar-refractivity contribution in [3.8, 4) is 0 Å². The minimum atomic E-state index is -3.67. The second-order valence-corrected chi connectivity index (χ2v) is 5.60. The Morgan fingerprint density at radius 1 is 1.42 bits per heavy atom. The third-order valence-corrected chi connectivity index (χ3v) is 4.04. The lowest BCUT2D eigenvalue weighted by atomic mass is 10.3. The van der Waals surface area contributed by atoms with E-state index >= 15 is 0 Å². The maximum absolute atomic E-state index is 12.1. The number of aromatic nitrogens is 5. The molecule has 0 amide bonds. The standard InChI is InChI=1S/C9H15N7O2S/c1-6-7(4-10)9(16-14-6)19(17,18)13-3-2-8-11-5-12-15-8/h5,13H,2-4,10H2,1H3,(H,14,16)(H,11,12,15). The van der Waals surface area contributed by atoms with Crippen molar-refractivity contribution >= 4 is 10.0 Å². The SMILES string of the molecule is Cc1[nH]nc(S(=O)(=O)NCCc2ncn[nH]2)c1CN. The van der Waals surface area contributed by atoms with Gasteiger partial charge >= 0.3 is 0 Å². The van der Waals surface area contributed by atoms with Crippen molar-refractivity contribution < 1.29 is 8.42 Å². The Hall–Kier alpha value is -1.78. The van der Waals surface area contributed by atoms with Gasteiger partial charge in [0.1, 0.15) is 12.2 Å². The maximum Gasteiger partial charge on any atom is 0.260 e. The van der Waals surface area contributed by atoms with Crippen LogP contribution in [0.5, 0.6) is 0 Å². The number of nitrogens with zero attached hydrogens (tertiary/aromatic N) is 3. The number of H-pyrrole nitrogens is 2. The highest BCUT2D eigenvalue weighted by molar-refractivity contribution is 7.89. The molecule has 19 heavy (non-hydrogen) atoms. The van der Waals surface area contributed by atoms with E-state index in [4.69, 9.17) is 5.73 Å². The van der Waals surface area contributed by atoms with Crippen LogP contribution in [0, 0.1) is 6.92 Å². The van der Waals surface area contributed by atoms with Crippen LogP contribution in [0.3, 0.4) is 0 Å². The van der Waals surface area contributed by atoms with Crippen molar-refractivity contribution in [3.63, 3.8) is 0 Å². The summed E-state index contributed by atoms with van der Waals surface area (Å²) in [6.45, 7) is 2.04. The lowest BCUT2D eigenvalue weighted by molar-refractivity contribution is 0.575. The summed E-state index contributed by atoms with van der Waals surface area (Å²) in [5.41, 5.74) is 6.67. The summed E-state index contributed by atoms with van der Waals surface area (Å²) in [7, 11) is -3.67. The van der Waals surface area contributed by atoms with Gasteiger partial charge in [-0.3, -0.25) is 10.2 Å². The van der Waals surface area contributed by atoms with Crippen LogP contribution in [-0.2, 0) is 23.0 Å². The number of nitrogens with two attached hydrogens (primary N) is 1. The number of rotatable bonds is 6. The molecule has 10 heteroatoms. The first-order chi connectivity index (χ1) is 9.04. The van der Waals surface area contributed by atoms with E-state index in [1.807, 2.05) is 0 Å². The highest BCUT2D eigenvalue weighted by Gasteiger charge is 2.22. The molecule has 2 aromatic heterocycles. The molecule has 2 rings (SSSR count). The molecule has 5 N–H and O–H groups in total. The molecule has 0 spiro atoms. The predicted octanol–water partition coefficient (Wildman–Crippen LogP) is -1.18. The van der Waals surface area contributed by atoms with Crippen molar-refractivity contribution in [3.05, 3.63) is 23.4 Å². The van der Waals surface area contributed by atoms with E-state index in [0.717, 1.165) is 0 Å². The molecule has 0 aliphatic carbocycles. The van der Waals surface area contributed by atoms with Gasteiger partial charge in [-0.2, -0.15) is 10.2 Å². The quantitative estimate of drug-likeness (QED) is 0.526. The van der Waals surface area contributed by atoms with Gasteiger partial charge in [0.15, 0.2) is 5.03 Å². The van der Waals surface area contributed by atoms with E-state index in [0.29, 0.717) is 23.5 Å². The third kappa shape index (κ3) is 2.97. The summed E-state index contributed by atoms with van der Waals surface area (Å²) >= 11 is 0. The van der Waals surface area contributed by atoms with Crippen LogP contribution in [0.1, 0.15) is 17.1 Å². The number of aromatic amines is 2. The Kier molecular flexibility index (Phi) is 3.93. The molecule has 2 aromatic rings. The maximum atomic E-state index is 12.1. The Morgan fingerprint density at radius 3 is 2.84 bits per heavy atom. The third-order valence-electron chi connectivity index (χ3n) is 2.61. The van der Waals surface area contributed by atoms with E-state index in [9.17, 15) is 8.42 Å². The summed E-state index contributed by atoms with van der Waals surface area (Å²) < 4.78 is 26.6.